The van der Waals surface area contributed by atoms with Crippen LogP contribution in [0.5, 0.6) is 0 Å². The minimum atomic E-state index is -1.00. The van der Waals surface area contributed by atoms with Crippen molar-refractivity contribution >= 4 is 25.8 Å². The Labute approximate surface area is 87.7 Å². The van der Waals surface area contributed by atoms with Crippen LogP contribution in [0, 0.1) is 0 Å². The van der Waals surface area contributed by atoms with E-state index in [1.54, 1.807) is 0 Å². The zero-order chi connectivity index (χ0) is 10.4. The van der Waals surface area contributed by atoms with Crippen molar-refractivity contribution in [3.05, 3.63) is 0 Å². The molecule has 1 radical (unpaired) electrons. The van der Waals surface area contributed by atoms with Crippen LogP contribution in [0.3, 0.4) is 0 Å². The van der Waals surface area contributed by atoms with Crippen LogP contribution in [0.15, 0.2) is 0 Å². The predicted octanol–water partition coefficient (Wildman–Crippen LogP) is 2.16. The van der Waals surface area contributed by atoms with Gasteiger partial charge in [-0.2, -0.15) is 0 Å². The SMILES string of the molecule is CC(C)(C)N1C=[N+](C(C)(C)C)[Si]1Cl. The second-order valence-electron chi connectivity index (χ2n) is 5.47. The van der Waals surface area contributed by atoms with Gasteiger partial charge in [-0.1, -0.05) is 11.1 Å². The van der Waals surface area contributed by atoms with Gasteiger partial charge in [0.2, 0.25) is 6.34 Å². The van der Waals surface area contributed by atoms with Crippen LogP contribution in [0.1, 0.15) is 41.5 Å². The highest BCUT2D eigenvalue weighted by molar-refractivity contribution is 7.02. The van der Waals surface area contributed by atoms with Crippen molar-refractivity contribution in [3.63, 3.8) is 0 Å². The van der Waals surface area contributed by atoms with E-state index in [2.05, 4.69) is 56.7 Å². The van der Waals surface area contributed by atoms with Gasteiger partial charge in [-0.05, 0) is 41.5 Å². The molecule has 75 valence electrons. The monoisotopic (exact) mass is 218 g/mol. The summed E-state index contributed by atoms with van der Waals surface area (Å²) in [7, 11) is -1.00. The highest BCUT2D eigenvalue weighted by Crippen LogP contribution is 2.25. The second kappa shape index (κ2) is 2.99. The van der Waals surface area contributed by atoms with Crippen molar-refractivity contribution in [2.45, 2.75) is 52.6 Å². The summed E-state index contributed by atoms with van der Waals surface area (Å²) >= 11 is 6.37. The van der Waals surface area contributed by atoms with E-state index in [-0.39, 0.29) is 11.1 Å². The zero-order valence-corrected chi connectivity index (χ0v) is 11.1. The first-order chi connectivity index (χ1) is 5.64. The van der Waals surface area contributed by atoms with Gasteiger partial charge in [0.25, 0.3) is 0 Å². The molecule has 0 saturated carbocycles. The smallest absolute Gasteiger partial charge is 0.261 e. The molecule has 1 rings (SSSR count). The summed E-state index contributed by atoms with van der Waals surface area (Å²) in [6.07, 6.45) is 2.15. The Morgan fingerprint density at radius 2 is 1.62 bits per heavy atom. The molecule has 4 heteroatoms. The van der Waals surface area contributed by atoms with Gasteiger partial charge >= 0.3 is 8.43 Å². The lowest BCUT2D eigenvalue weighted by molar-refractivity contribution is -0.497. The van der Waals surface area contributed by atoms with Gasteiger partial charge in [-0.3, -0.25) is 8.81 Å². The molecular weight excluding hydrogens is 200 g/mol. The average molecular weight is 219 g/mol. The van der Waals surface area contributed by atoms with Crippen LogP contribution in [0.4, 0.5) is 0 Å². The summed E-state index contributed by atoms with van der Waals surface area (Å²) in [5.74, 6) is 0. The van der Waals surface area contributed by atoms with E-state index >= 15 is 0 Å². The van der Waals surface area contributed by atoms with E-state index < -0.39 is 8.43 Å². The number of halogens is 1. The molecule has 0 amide bonds. The highest BCUT2D eigenvalue weighted by atomic mass is 35.6. The van der Waals surface area contributed by atoms with E-state index in [1.807, 2.05) is 0 Å². The summed E-state index contributed by atoms with van der Waals surface area (Å²) in [5.41, 5.74) is 0.329. The maximum atomic E-state index is 6.37. The van der Waals surface area contributed by atoms with Crippen molar-refractivity contribution in [3.8, 4) is 0 Å². The molecule has 0 aromatic heterocycles. The number of hydrogen-bond acceptors (Lipinski definition) is 1. The molecule has 0 saturated heterocycles. The Balaban J connectivity index is 2.80. The summed E-state index contributed by atoms with van der Waals surface area (Å²) in [6.45, 7) is 13.1. The fourth-order valence-corrected chi connectivity index (χ4v) is 4.54. The van der Waals surface area contributed by atoms with Crippen LogP contribution in [-0.4, -0.2) is 34.7 Å². The lowest BCUT2D eigenvalue weighted by Gasteiger charge is -2.40. The van der Waals surface area contributed by atoms with Crippen molar-refractivity contribution < 1.29 is 4.24 Å². The van der Waals surface area contributed by atoms with Crippen molar-refractivity contribution in [1.82, 2.24) is 4.57 Å². The van der Waals surface area contributed by atoms with Crippen LogP contribution >= 0.6 is 11.1 Å². The first-order valence-electron chi connectivity index (χ1n) is 4.60. The maximum Gasteiger partial charge on any atom is 0.677 e. The zero-order valence-electron chi connectivity index (χ0n) is 9.35. The van der Waals surface area contributed by atoms with Crippen molar-refractivity contribution in [2.75, 3.05) is 0 Å². The molecule has 0 unspecified atom stereocenters. The Kier molecular flexibility index (Phi) is 2.54. The molecule has 0 aliphatic carbocycles. The second-order valence-corrected chi connectivity index (χ2v) is 7.98. The van der Waals surface area contributed by atoms with Gasteiger partial charge in [0.05, 0.1) is 11.1 Å². The molecule has 0 bridgehead atoms. The standard InChI is InChI=1S/C9H19ClN2Si/c1-8(2,3)11-7-12(13(11)10)9(4,5)6/h7H,1-6H3/q+1. The molecule has 0 atom stereocenters. The van der Waals surface area contributed by atoms with Gasteiger partial charge in [-0.15, -0.1) is 0 Å². The summed E-state index contributed by atoms with van der Waals surface area (Å²) < 4.78 is 4.54. The van der Waals surface area contributed by atoms with Gasteiger partial charge in [-0.25, -0.2) is 0 Å². The van der Waals surface area contributed by atoms with E-state index in [1.165, 1.54) is 0 Å². The molecule has 1 aliphatic rings. The van der Waals surface area contributed by atoms with Crippen LogP contribution in [0.2, 0.25) is 0 Å². The number of nitrogens with zero attached hydrogens (tertiary/aromatic N) is 2. The average Bonchev–Trinajstić information content (AvgIpc) is 1.77. The van der Waals surface area contributed by atoms with E-state index in [9.17, 15) is 0 Å². The lowest BCUT2D eigenvalue weighted by atomic mass is 10.1. The minimum absolute atomic E-state index is 0.164. The van der Waals surface area contributed by atoms with Crippen LogP contribution < -0.4 is 0 Å². The normalized spacial score (nSPS) is 19.9. The third-order valence-electron chi connectivity index (χ3n) is 2.07. The van der Waals surface area contributed by atoms with Gasteiger partial charge in [0.15, 0.2) is 0 Å². The fourth-order valence-electron chi connectivity index (χ4n) is 1.17. The molecule has 1 aliphatic heterocycles. The number of rotatable bonds is 0. The topological polar surface area (TPSA) is 6.25 Å². The molecule has 0 spiro atoms. The first kappa shape index (κ1) is 11.1. The van der Waals surface area contributed by atoms with Crippen LogP contribution in [-0.2, 0) is 0 Å². The van der Waals surface area contributed by atoms with Crippen molar-refractivity contribution in [2.24, 2.45) is 0 Å². The summed E-state index contributed by atoms with van der Waals surface area (Å²) in [5, 5.41) is 0. The summed E-state index contributed by atoms with van der Waals surface area (Å²) in [6, 6.07) is 0. The molecule has 0 fully saturated rings. The summed E-state index contributed by atoms with van der Waals surface area (Å²) in [4.78, 5) is 0. The van der Waals surface area contributed by atoms with E-state index in [4.69, 9.17) is 11.1 Å². The van der Waals surface area contributed by atoms with E-state index in [0.29, 0.717) is 0 Å². The molecule has 0 aromatic rings. The molecule has 0 aromatic carbocycles. The minimum Gasteiger partial charge on any atom is -0.261 e. The van der Waals surface area contributed by atoms with Crippen molar-refractivity contribution in [1.29, 1.82) is 0 Å². The van der Waals surface area contributed by atoms with Crippen LogP contribution in [0.25, 0.3) is 0 Å². The third-order valence-corrected chi connectivity index (χ3v) is 5.53. The molecule has 0 N–H and O–H groups in total. The molecular formula is C9H19ClN2Si+. The van der Waals surface area contributed by atoms with Gasteiger partial charge < -0.3 is 0 Å². The highest BCUT2D eigenvalue weighted by Gasteiger charge is 2.54. The first-order valence-corrected chi connectivity index (χ1v) is 7.01. The Morgan fingerprint density at radius 3 is 1.85 bits per heavy atom. The Hall–Kier alpha value is -0.0231. The van der Waals surface area contributed by atoms with Gasteiger partial charge in [0, 0.05) is 0 Å². The fraction of sp³-hybridized carbons (Fsp3) is 0.889. The maximum absolute atomic E-state index is 6.37. The molecule has 1 heterocycles. The van der Waals surface area contributed by atoms with E-state index in [0.717, 1.165) is 0 Å². The largest absolute Gasteiger partial charge is 0.677 e. The Morgan fingerprint density at radius 1 is 1.15 bits per heavy atom. The lowest BCUT2D eigenvalue weighted by Crippen LogP contribution is -2.67. The van der Waals surface area contributed by atoms with Gasteiger partial charge in [0.1, 0.15) is 0 Å². The molecule has 13 heavy (non-hydrogen) atoms. The third kappa shape index (κ3) is 2.07. The quantitative estimate of drug-likeness (QED) is 0.446. The number of hydrogen-bond donors (Lipinski definition) is 0. The predicted molar refractivity (Wildman–Crippen MR) is 59.3 cm³/mol. The molecule has 2 nitrogen and oxygen atoms in total. The Bertz CT molecular complexity index is 237.